The van der Waals surface area contributed by atoms with E-state index in [-0.39, 0.29) is 4.90 Å². The van der Waals surface area contributed by atoms with Crippen LogP contribution < -0.4 is 0 Å². The van der Waals surface area contributed by atoms with Gasteiger partial charge in [0.1, 0.15) is 0 Å². The molecule has 0 spiro atoms. The van der Waals surface area contributed by atoms with E-state index in [2.05, 4.69) is 0 Å². The Morgan fingerprint density at radius 1 is 1.26 bits per heavy atom. The van der Waals surface area contributed by atoms with Crippen LogP contribution in [0.5, 0.6) is 0 Å². The van der Waals surface area contributed by atoms with E-state index in [0.29, 0.717) is 0 Å². The number of aliphatic hydroxyl groups excluding tert-OH is 1. The van der Waals surface area contributed by atoms with Crippen LogP contribution in [0.15, 0.2) is 41.3 Å². The Bertz CT molecular complexity index is 536. The van der Waals surface area contributed by atoms with Gasteiger partial charge in [0.05, 0.1) is 22.4 Å². The molecule has 0 heterocycles. The first-order valence-corrected chi connectivity index (χ1v) is 7.65. The summed E-state index contributed by atoms with van der Waals surface area (Å²) >= 11 is 0. The summed E-state index contributed by atoms with van der Waals surface area (Å²) in [6.45, 7) is 4.96. The van der Waals surface area contributed by atoms with E-state index in [1.807, 2.05) is 6.92 Å². The lowest BCUT2D eigenvalue weighted by Gasteiger charge is -2.12. The van der Waals surface area contributed by atoms with Gasteiger partial charge in [0.25, 0.3) is 0 Å². The average molecular weight is 284 g/mol. The maximum absolute atomic E-state index is 12.0. The minimum absolute atomic E-state index is 0.189. The first-order valence-electron chi connectivity index (χ1n) is 5.99. The quantitative estimate of drug-likeness (QED) is 0.803. The van der Waals surface area contributed by atoms with Crippen LogP contribution in [0.1, 0.15) is 19.4 Å². The third-order valence-electron chi connectivity index (χ3n) is 2.50. The predicted octanol–water partition coefficient (Wildman–Crippen LogP) is 1.46. The standard InChI is InChI=1S/C14H20O4S/c1-11-4-6-13(7-5-11)19(17,18)10-12(15)8-9-14(2,3)16/h4-9,12,15-16H,10H2,1-3H3/b9-8+/t12-/m0/s1. The molecule has 1 aromatic carbocycles. The number of hydrogen-bond donors (Lipinski definition) is 2. The molecule has 0 amide bonds. The van der Waals surface area contributed by atoms with Crippen LogP contribution in [0.3, 0.4) is 0 Å². The van der Waals surface area contributed by atoms with Crippen LogP contribution in [-0.2, 0) is 9.84 Å². The molecule has 0 unspecified atom stereocenters. The van der Waals surface area contributed by atoms with Gasteiger partial charge in [-0.15, -0.1) is 0 Å². The van der Waals surface area contributed by atoms with E-state index in [0.717, 1.165) is 5.56 Å². The van der Waals surface area contributed by atoms with Crippen LogP contribution in [0, 0.1) is 6.92 Å². The third kappa shape index (κ3) is 5.55. The highest BCUT2D eigenvalue weighted by molar-refractivity contribution is 7.91. The number of rotatable bonds is 5. The number of aliphatic hydroxyl groups is 2. The fraction of sp³-hybridized carbons (Fsp3) is 0.429. The van der Waals surface area contributed by atoms with Crippen LogP contribution in [-0.4, -0.2) is 36.1 Å². The molecule has 0 fully saturated rings. The molecule has 0 aliphatic heterocycles. The van der Waals surface area contributed by atoms with Gasteiger partial charge in [-0.05, 0) is 32.9 Å². The van der Waals surface area contributed by atoms with Crippen molar-refractivity contribution >= 4 is 9.84 Å². The third-order valence-corrected chi connectivity index (χ3v) is 4.27. The van der Waals surface area contributed by atoms with Crippen LogP contribution >= 0.6 is 0 Å². The maximum Gasteiger partial charge on any atom is 0.181 e. The Balaban J connectivity index is 2.80. The number of hydrogen-bond acceptors (Lipinski definition) is 4. The van der Waals surface area contributed by atoms with Crippen LogP contribution in [0.2, 0.25) is 0 Å². The lowest BCUT2D eigenvalue weighted by Crippen LogP contribution is -2.21. The van der Waals surface area contributed by atoms with E-state index in [4.69, 9.17) is 0 Å². The lowest BCUT2D eigenvalue weighted by molar-refractivity contribution is 0.131. The van der Waals surface area contributed by atoms with Gasteiger partial charge in [0.15, 0.2) is 9.84 Å². The van der Waals surface area contributed by atoms with E-state index in [1.54, 1.807) is 26.0 Å². The summed E-state index contributed by atoms with van der Waals surface area (Å²) in [5.41, 5.74) is -0.101. The second-order valence-electron chi connectivity index (χ2n) is 5.17. The zero-order valence-corrected chi connectivity index (χ0v) is 12.2. The van der Waals surface area contributed by atoms with Crippen molar-refractivity contribution in [2.75, 3.05) is 5.75 Å². The zero-order chi connectivity index (χ0) is 14.7. The highest BCUT2D eigenvalue weighted by atomic mass is 32.2. The van der Waals surface area contributed by atoms with Crippen molar-refractivity contribution in [3.05, 3.63) is 42.0 Å². The first kappa shape index (κ1) is 15.9. The summed E-state index contributed by atoms with van der Waals surface area (Å²) in [5.74, 6) is -0.400. The molecule has 0 saturated heterocycles. The Kier molecular flexibility index (Phi) is 4.90. The molecule has 0 aromatic heterocycles. The second kappa shape index (κ2) is 5.86. The van der Waals surface area contributed by atoms with Gasteiger partial charge < -0.3 is 10.2 Å². The smallest absolute Gasteiger partial charge is 0.181 e. The summed E-state index contributed by atoms with van der Waals surface area (Å²) in [6.07, 6.45) is 1.53. The number of benzene rings is 1. The fourth-order valence-electron chi connectivity index (χ4n) is 1.47. The summed E-state index contributed by atoms with van der Waals surface area (Å²) in [7, 11) is -3.53. The predicted molar refractivity (Wildman–Crippen MR) is 74.7 cm³/mol. The maximum atomic E-state index is 12.0. The van der Waals surface area contributed by atoms with E-state index < -0.39 is 27.3 Å². The number of sulfone groups is 1. The molecule has 0 bridgehead atoms. The lowest BCUT2D eigenvalue weighted by atomic mass is 10.1. The van der Waals surface area contributed by atoms with Gasteiger partial charge in [-0.2, -0.15) is 0 Å². The minimum atomic E-state index is -3.53. The molecule has 2 N–H and O–H groups in total. The molecular formula is C14H20O4S. The highest BCUT2D eigenvalue weighted by Gasteiger charge is 2.18. The molecule has 19 heavy (non-hydrogen) atoms. The monoisotopic (exact) mass is 284 g/mol. The summed E-state index contributed by atoms with van der Waals surface area (Å²) < 4.78 is 24.0. The van der Waals surface area contributed by atoms with Crippen molar-refractivity contribution in [3.8, 4) is 0 Å². The van der Waals surface area contributed by atoms with Gasteiger partial charge in [0, 0.05) is 0 Å². The van der Waals surface area contributed by atoms with Crippen molar-refractivity contribution in [2.45, 2.75) is 37.4 Å². The van der Waals surface area contributed by atoms with E-state index in [9.17, 15) is 18.6 Å². The van der Waals surface area contributed by atoms with Crippen molar-refractivity contribution in [2.24, 2.45) is 0 Å². The molecule has 5 heteroatoms. The molecular weight excluding hydrogens is 264 g/mol. The summed E-state index contributed by atoms with van der Waals surface area (Å²) in [4.78, 5) is 0.189. The molecule has 1 rings (SSSR count). The van der Waals surface area contributed by atoms with Crippen molar-refractivity contribution < 1.29 is 18.6 Å². The zero-order valence-electron chi connectivity index (χ0n) is 11.4. The van der Waals surface area contributed by atoms with Crippen molar-refractivity contribution in [1.82, 2.24) is 0 Å². The molecule has 1 atom stereocenters. The Morgan fingerprint density at radius 3 is 2.26 bits per heavy atom. The van der Waals surface area contributed by atoms with Crippen LogP contribution in [0.4, 0.5) is 0 Å². The fourth-order valence-corrected chi connectivity index (χ4v) is 2.77. The van der Waals surface area contributed by atoms with Gasteiger partial charge in [-0.3, -0.25) is 0 Å². The second-order valence-corrected chi connectivity index (χ2v) is 7.21. The summed E-state index contributed by atoms with van der Waals surface area (Å²) in [6, 6.07) is 6.48. The molecule has 4 nitrogen and oxygen atoms in total. The first-order chi connectivity index (χ1) is 8.60. The van der Waals surface area contributed by atoms with E-state index in [1.165, 1.54) is 24.3 Å². The van der Waals surface area contributed by atoms with Crippen molar-refractivity contribution in [3.63, 3.8) is 0 Å². The van der Waals surface area contributed by atoms with Gasteiger partial charge >= 0.3 is 0 Å². The normalized spacial score (nSPS) is 14.8. The number of aryl methyl sites for hydroxylation is 1. The highest BCUT2D eigenvalue weighted by Crippen LogP contribution is 2.14. The molecule has 0 radical (unpaired) electrons. The van der Waals surface area contributed by atoms with Gasteiger partial charge in [-0.1, -0.05) is 29.8 Å². The Morgan fingerprint density at radius 2 is 1.79 bits per heavy atom. The molecule has 0 saturated carbocycles. The van der Waals surface area contributed by atoms with Crippen molar-refractivity contribution in [1.29, 1.82) is 0 Å². The molecule has 106 valence electrons. The molecule has 1 aromatic rings. The Hall–Kier alpha value is -1.17. The average Bonchev–Trinajstić information content (AvgIpc) is 2.25. The molecule has 0 aliphatic carbocycles. The SMILES string of the molecule is Cc1ccc(S(=O)(=O)C[C@@H](O)/C=C/C(C)(C)O)cc1. The van der Waals surface area contributed by atoms with E-state index >= 15 is 0 Å². The topological polar surface area (TPSA) is 74.6 Å². The van der Waals surface area contributed by atoms with Crippen LogP contribution in [0.25, 0.3) is 0 Å². The van der Waals surface area contributed by atoms with Gasteiger partial charge in [0.2, 0.25) is 0 Å². The largest absolute Gasteiger partial charge is 0.388 e. The van der Waals surface area contributed by atoms with Gasteiger partial charge in [-0.25, -0.2) is 8.42 Å². The minimum Gasteiger partial charge on any atom is -0.388 e. The Labute approximate surface area is 114 Å². The molecule has 0 aliphatic rings. The summed E-state index contributed by atoms with van der Waals surface area (Å²) in [5, 5.41) is 19.2.